The molecule has 2 rings (SSSR count). The third-order valence-electron chi connectivity index (χ3n) is 4.40. The second-order valence-electron chi connectivity index (χ2n) is 6.43. The van der Waals surface area contributed by atoms with Crippen molar-refractivity contribution in [3.05, 3.63) is 53.6 Å². The molecular formula is C20H26N2O4S. The zero-order valence-corrected chi connectivity index (χ0v) is 17.0. The van der Waals surface area contributed by atoms with Gasteiger partial charge in [0.25, 0.3) is 0 Å². The standard InChI is InChI=1S/C20H26N2O4S/c1-15-7-5-8-19(16(15)2)21-20(23)9-6-14-22(27(4,24)25)17-10-12-18(26-3)13-11-17/h5,7-8,10-13H,6,9,14H2,1-4H3,(H,21,23). The highest BCUT2D eigenvalue weighted by Crippen LogP contribution is 2.22. The molecule has 0 saturated heterocycles. The Kier molecular flexibility index (Phi) is 6.85. The summed E-state index contributed by atoms with van der Waals surface area (Å²) >= 11 is 0. The molecule has 27 heavy (non-hydrogen) atoms. The van der Waals surface area contributed by atoms with E-state index in [1.807, 2.05) is 32.0 Å². The second-order valence-corrected chi connectivity index (χ2v) is 8.34. The molecule has 0 atom stereocenters. The lowest BCUT2D eigenvalue weighted by molar-refractivity contribution is -0.116. The topological polar surface area (TPSA) is 75.7 Å². The van der Waals surface area contributed by atoms with Crippen LogP contribution in [0.2, 0.25) is 0 Å². The minimum atomic E-state index is -3.45. The molecule has 2 aromatic rings. The van der Waals surface area contributed by atoms with Crippen LogP contribution in [0.1, 0.15) is 24.0 Å². The summed E-state index contributed by atoms with van der Waals surface area (Å²) in [5, 5.41) is 2.89. The van der Waals surface area contributed by atoms with Gasteiger partial charge < -0.3 is 10.1 Å². The Hall–Kier alpha value is -2.54. The molecule has 0 spiro atoms. The Balaban J connectivity index is 1.99. The monoisotopic (exact) mass is 390 g/mol. The number of hydrogen-bond acceptors (Lipinski definition) is 4. The minimum Gasteiger partial charge on any atom is -0.497 e. The molecule has 0 aromatic heterocycles. The van der Waals surface area contributed by atoms with Crippen LogP contribution in [0.5, 0.6) is 5.75 Å². The van der Waals surface area contributed by atoms with Gasteiger partial charge in [-0.25, -0.2) is 8.42 Å². The van der Waals surface area contributed by atoms with Crippen LogP contribution in [-0.2, 0) is 14.8 Å². The molecule has 0 aliphatic heterocycles. The van der Waals surface area contributed by atoms with Gasteiger partial charge in [-0.15, -0.1) is 0 Å². The van der Waals surface area contributed by atoms with Gasteiger partial charge in [0.15, 0.2) is 0 Å². The summed E-state index contributed by atoms with van der Waals surface area (Å²) in [4.78, 5) is 12.2. The molecule has 0 aliphatic rings. The Morgan fingerprint density at radius 2 is 1.78 bits per heavy atom. The molecule has 0 aliphatic carbocycles. The van der Waals surface area contributed by atoms with Crippen molar-refractivity contribution < 1.29 is 17.9 Å². The molecule has 0 saturated carbocycles. The first kappa shape index (κ1) is 20.8. The normalized spacial score (nSPS) is 11.1. The lowest BCUT2D eigenvalue weighted by atomic mass is 10.1. The first-order chi connectivity index (χ1) is 12.7. The summed E-state index contributed by atoms with van der Waals surface area (Å²) in [6.07, 6.45) is 1.80. The van der Waals surface area contributed by atoms with Crippen molar-refractivity contribution in [1.82, 2.24) is 0 Å². The molecule has 6 nitrogen and oxygen atoms in total. The van der Waals surface area contributed by atoms with Crippen LogP contribution >= 0.6 is 0 Å². The lowest BCUT2D eigenvalue weighted by Crippen LogP contribution is -2.31. The number of carbonyl (C=O) groups is 1. The van der Waals surface area contributed by atoms with E-state index in [-0.39, 0.29) is 18.9 Å². The summed E-state index contributed by atoms with van der Waals surface area (Å²) in [6, 6.07) is 12.5. The van der Waals surface area contributed by atoms with E-state index in [9.17, 15) is 13.2 Å². The van der Waals surface area contributed by atoms with Crippen molar-refractivity contribution in [1.29, 1.82) is 0 Å². The first-order valence-corrected chi connectivity index (χ1v) is 10.5. The molecule has 1 N–H and O–H groups in total. The molecule has 0 heterocycles. The average molecular weight is 391 g/mol. The quantitative estimate of drug-likeness (QED) is 0.749. The largest absolute Gasteiger partial charge is 0.497 e. The number of anilines is 2. The number of benzene rings is 2. The summed E-state index contributed by atoms with van der Waals surface area (Å²) in [6.45, 7) is 4.18. The number of ether oxygens (including phenoxy) is 1. The Labute approximate surface area is 161 Å². The fourth-order valence-corrected chi connectivity index (χ4v) is 3.68. The van der Waals surface area contributed by atoms with Gasteiger partial charge in [-0.05, 0) is 61.7 Å². The predicted molar refractivity (Wildman–Crippen MR) is 109 cm³/mol. The molecule has 146 valence electrons. The number of hydrogen-bond donors (Lipinski definition) is 1. The SMILES string of the molecule is COc1ccc(N(CCCC(=O)Nc2cccc(C)c2C)S(C)(=O)=O)cc1. The van der Waals surface area contributed by atoms with Gasteiger partial charge in [0.05, 0.1) is 19.1 Å². The van der Waals surface area contributed by atoms with E-state index in [0.29, 0.717) is 17.9 Å². The number of rotatable bonds is 8. The Morgan fingerprint density at radius 1 is 1.11 bits per heavy atom. The molecule has 0 fully saturated rings. The first-order valence-electron chi connectivity index (χ1n) is 8.70. The molecule has 2 aromatic carbocycles. The smallest absolute Gasteiger partial charge is 0.232 e. The maximum absolute atomic E-state index is 12.2. The van der Waals surface area contributed by atoms with Gasteiger partial charge in [0.2, 0.25) is 15.9 Å². The zero-order valence-electron chi connectivity index (χ0n) is 16.2. The Morgan fingerprint density at radius 3 is 2.37 bits per heavy atom. The summed E-state index contributed by atoms with van der Waals surface area (Å²) in [5.41, 5.74) is 3.47. The van der Waals surface area contributed by atoms with Crippen molar-refractivity contribution in [3.63, 3.8) is 0 Å². The van der Waals surface area contributed by atoms with Crippen LogP contribution in [-0.4, -0.2) is 34.2 Å². The third-order valence-corrected chi connectivity index (χ3v) is 5.60. The van der Waals surface area contributed by atoms with E-state index in [2.05, 4.69) is 5.32 Å². The highest BCUT2D eigenvalue weighted by atomic mass is 32.2. The molecule has 0 bridgehead atoms. The second kappa shape index (κ2) is 8.90. The fourth-order valence-electron chi connectivity index (χ4n) is 2.72. The van der Waals surface area contributed by atoms with Gasteiger partial charge in [-0.2, -0.15) is 0 Å². The highest BCUT2D eigenvalue weighted by Gasteiger charge is 2.18. The molecular weight excluding hydrogens is 364 g/mol. The van der Waals surface area contributed by atoms with Crippen LogP contribution in [0, 0.1) is 13.8 Å². The summed E-state index contributed by atoms with van der Waals surface area (Å²) in [5.74, 6) is 0.520. The predicted octanol–water partition coefficient (Wildman–Crippen LogP) is 3.50. The zero-order chi connectivity index (χ0) is 20.0. The van der Waals surface area contributed by atoms with Crippen LogP contribution in [0.4, 0.5) is 11.4 Å². The van der Waals surface area contributed by atoms with Crippen molar-refractivity contribution >= 4 is 27.3 Å². The van der Waals surface area contributed by atoms with E-state index in [1.54, 1.807) is 31.4 Å². The van der Waals surface area contributed by atoms with Gasteiger partial charge in [-0.1, -0.05) is 12.1 Å². The summed E-state index contributed by atoms with van der Waals surface area (Å²) < 4.78 is 30.7. The average Bonchev–Trinajstić information content (AvgIpc) is 2.62. The number of methoxy groups -OCH3 is 1. The van der Waals surface area contributed by atoms with Crippen molar-refractivity contribution in [2.75, 3.05) is 29.5 Å². The number of sulfonamides is 1. The van der Waals surface area contributed by atoms with Crippen LogP contribution in [0.15, 0.2) is 42.5 Å². The van der Waals surface area contributed by atoms with E-state index in [0.717, 1.165) is 23.1 Å². The van der Waals surface area contributed by atoms with Gasteiger partial charge in [0, 0.05) is 18.7 Å². The number of amides is 1. The number of carbonyl (C=O) groups excluding carboxylic acids is 1. The number of nitrogens with one attached hydrogen (secondary N) is 1. The van der Waals surface area contributed by atoms with Gasteiger partial charge in [-0.3, -0.25) is 9.10 Å². The highest BCUT2D eigenvalue weighted by molar-refractivity contribution is 7.92. The third kappa shape index (κ3) is 5.72. The lowest BCUT2D eigenvalue weighted by Gasteiger charge is -2.22. The van der Waals surface area contributed by atoms with E-state index in [4.69, 9.17) is 4.74 Å². The summed E-state index contributed by atoms with van der Waals surface area (Å²) in [7, 11) is -1.89. The van der Waals surface area contributed by atoms with Crippen LogP contribution in [0.25, 0.3) is 0 Å². The minimum absolute atomic E-state index is 0.133. The van der Waals surface area contributed by atoms with Crippen LogP contribution < -0.4 is 14.4 Å². The van der Waals surface area contributed by atoms with E-state index < -0.39 is 10.0 Å². The molecule has 7 heteroatoms. The number of nitrogens with zero attached hydrogens (tertiary/aromatic N) is 1. The van der Waals surface area contributed by atoms with E-state index >= 15 is 0 Å². The number of aryl methyl sites for hydroxylation is 1. The van der Waals surface area contributed by atoms with Crippen molar-refractivity contribution in [2.24, 2.45) is 0 Å². The Bertz CT molecular complexity index is 893. The maximum atomic E-state index is 12.2. The van der Waals surface area contributed by atoms with E-state index in [1.165, 1.54) is 4.31 Å². The molecule has 0 radical (unpaired) electrons. The van der Waals surface area contributed by atoms with Crippen LogP contribution in [0.3, 0.4) is 0 Å². The van der Waals surface area contributed by atoms with Gasteiger partial charge in [0.1, 0.15) is 5.75 Å². The molecule has 0 unspecified atom stereocenters. The molecule has 1 amide bonds. The van der Waals surface area contributed by atoms with Gasteiger partial charge >= 0.3 is 0 Å². The van der Waals surface area contributed by atoms with Crippen molar-refractivity contribution in [3.8, 4) is 5.75 Å². The maximum Gasteiger partial charge on any atom is 0.232 e. The fraction of sp³-hybridized carbons (Fsp3) is 0.350. The van der Waals surface area contributed by atoms with Crippen molar-refractivity contribution in [2.45, 2.75) is 26.7 Å².